The molecule has 0 saturated heterocycles. The molecule has 0 aromatic carbocycles. The van der Waals surface area contributed by atoms with Gasteiger partial charge in [-0.2, -0.15) is 5.26 Å². The molecule has 1 atom stereocenters. The second-order valence-corrected chi connectivity index (χ2v) is 4.42. The van der Waals surface area contributed by atoms with Crippen LogP contribution >= 0.6 is 0 Å². The fourth-order valence-corrected chi connectivity index (χ4v) is 2.78. The number of carbonyl (C=O) groups excluding carboxylic acids is 1. The van der Waals surface area contributed by atoms with Crippen LogP contribution in [0.3, 0.4) is 0 Å². The zero-order valence-corrected chi connectivity index (χ0v) is 9.49. The lowest BCUT2D eigenvalue weighted by Crippen LogP contribution is -2.07. The Morgan fingerprint density at radius 2 is 2.44 bits per heavy atom. The number of rotatable bonds is 2. The molecule has 82 valence electrons. The predicted molar refractivity (Wildman–Crippen MR) is 62.5 cm³/mol. The molecule has 0 amide bonds. The molecule has 0 radical (unpaired) electrons. The average Bonchev–Trinajstić information content (AvgIpc) is 2.67. The molecule has 1 unspecified atom stereocenters. The summed E-state index contributed by atoms with van der Waals surface area (Å²) in [4.78, 5) is 10.7. The summed E-state index contributed by atoms with van der Waals surface area (Å²) in [6.07, 6.45) is 8.49. The van der Waals surface area contributed by atoms with Crippen LogP contribution in [-0.2, 0) is 4.79 Å². The van der Waals surface area contributed by atoms with Crippen LogP contribution in [0, 0.1) is 17.2 Å². The van der Waals surface area contributed by atoms with E-state index in [4.69, 9.17) is 5.26 Å². The molecule has 2 aliphatic carbocycles. The Balaban J connectivity index is 2.49. The molecule has 0 heterocycles. The quantitative estimate of drug-likeness (QED) is 0.522. The van der Waals surface area contributed by atoms with Gasteiger partial charge in [0.15, 0.2) is 0 Å². The Bertz CT molecular complexity index is 446. The van der Waals surface area contributed by atoms with E-state index in [1.807, 2.05) is 0 Å². The highest BCUT2D eigenvalue weighted by molar-refractivity contribution is 5.63. The standard InChI is InChI=1S/C14H15NO/c1-10-2-3-11-4-5-12(6-8-15)14(11)13(10)7-9-16/h2,6,9,11H,3-5,7H2,1H3/b12-6+. The summed E-state index contributed by atoms with van der Waals surface area (Å²) in [7, 11) is 0. The van der Waals surface area contributed by atoms with Gasteiger partial charge in [-0.05, 0) is 48.8 Å². The monoisotopic (exact) mass is 213 g/mol. The zero-order chi connectivity index (χ0) is 11.5. The average molecular weight is 213 g/mol. The summed E-state index contributed by atoms with van der Waals surface area (Å²) in [6.45, 7) is 2.06. The van der Waals surface area contributed by atoms with E-state index >= 15 is 0 Å². The molecular weight excluding hydrogens is 198 g/mol. The highest BCUT2D eigenvalue weighted by Gasteiger charge is 2.30. The van der Waals surface area contributed by atoms with Crippen molar-refractivity contribution in [3.8, 4) is 6.07 Å². The fourth-order valence-electron chi connectivity index (χ4n) is 2.78. The first kappa shape index (κ1) is 10.9. The van der Waals surface area contributed by atoms with Gasteiger partial charge >= 0.3 is 0 Å². The molecule has 2 nitrogen and oxygen atoms in total. The molecular formula is C14H15NO. The topological polar surface area (TPSA) is 40.9 Å². The first-order valence-electron chi connectivity index (χ1n) is 5.70. The molecule has 0 bridgehead atoms. The van der Waals surface area contributed by atoms with Crippen molar-refractivity contribution >= 4 is 6.29 Å². The van der Waals surface area contributed by atoms with Gasteiger partial charge in [0.25, 0.3) is 0 Å². The van der Waals surface area contributed by atoms with Crippen molar-refractivity contribution in [2.24, 2.45) is 5.92 Å². The highest BCUT2D eigenvalue weighted by atomic mass is 16.1. The van der Waals surface area contributed by atoms with Crippen molar-refractivity contribution in [3.63, 3.8) is 0 Å². The first-order valence-corrected chi connectivity index (χ1v) is 5.70. The van der Waals surface area contributed by atoms with Crippen molar-refractivity contribution in [2.75, 3.05) is 0 Å². The van der Waals surface area contributed by atoms with Gasteiger partial charge in [-0.3, -0.25) is 0 Å². The van der Waals surface area contributed by atoms with Crippen LogP contribution in [0.2, 0.25) is 0 Å². The van der Waals surface area contributed by atoms with Crippen LogP contribution in [0.5, 0.6) is 0 Å². The number of fused-ring (bicyclic) bond motifs is 1. The molecule has 1 fully saturated rings. The molecule has 2 heteroatoms. The van der Waals surface area contributed by atoms with Crippen molar-refractivity contribution < 1.29 is 4.79 Å². The van der Waals surface area contributed by atoms with Crippen LogP contribution in [0.1, 0.15) is 32.6 Å². The molecule has 0 N–H and O–H groups in total. The van der Waals surface area contributed by atoms with Crippen molar-refractivity contribution in [3.05, 3.63) is 34.4 Å². The largest absolute Gasteiger partial charge is 0.303 e. The second kappa shape index (κ2) is 4.49. The zero-order valence-electron chi connectivity index (χ0n) is 9.49. The van der Waals surface area contributed by atoms with Gasteiger partial charge in [0.2, 0.25) is 0 Å². The third-order valence-electron chi connectivity index (χ3n) is 3.55. The summed E-state index contributed by atoms with van der Waals surface area (Å²) in [6, 6.07) is 2.12. The summed E-state index contributed by atoms with van der Waals surface area (Å²) in [5.41, 5.74) is 4.81. The van der Waals surface area contributed by atoms with E-state index in [9.17, 15) is 4.79 Å². The lowest BCUT2D eigenvalue weighted by atomic mass is 9.83. The summed E-state index contributed by atoms with van der Waals surface area (Å²) in [5, 5.41) is 8.77. The smallest absolute Gasteiger partial charge is 0.124 e. The highest BCUT2D eigenvalue weighted by Crippen LogP contribution is 2.45. The van der Waals surface area contributed by atoms with E-state index in [0.29, 0.717) is 12.3 Å². The van der Waals surface area contributed by atoms with Crippen LogP contribution < -0.4 is 0 Å². The summed E-state index contributed by atoms with van der Waals surface area (Å²) >= 11 is 0. The van der Waals surface area contributed by atoms with Crippen molar-refractivity contribution in [1.82, 2.24) is 0 Å². The van der Waals surface area contributed by atoms with Gasteiger partial charge in [0, 0.05) is 12.5 Å². The Morgan fingerprint density at radius 1 is 1.62 bits per heavy atom. The van der Waals surface area contributed by atoms with Crippen LogP contribution in [0.15, 0.2) is 34.4 Å². The van der Waals surface area contributed by atoms with Crippen LogP contribution in [0.4, 0.5) is 0 Å². The minimum absolute atomic E-state index is 0.483. The number of hydrogen-bond donors (Lipinski definition) is 0. The van der Waals surface area contributed by atoms with Gasteiger partial charge in [0.1, 0.15) is 6.29 Å². The molecule has 0 aromatic rings. The maximum absolute atomic E-state index is 10.7. The second-order valence-electron chi connectivity index (χ2n) is 4.42. The lowest BCUT2D eigenvalue weighted by Gasteiger charge is -2.22. The Labute approximate surface area is 96.0 Å². The Kier molecular flexibility index (Phi) is 3.05. The molecule has 0 aliphatic heterocycles. The molecule has 2 aliphatic rings. The summed E-state index contributed by atoms with van der Waals surface area (Å²) in [5.74, 6) is 0.540. The molecule has 0 aromatic heterocycles. The maximum Gasteiger partial charge on any atom is 0.124 e. The third kappa shape index (κ3) is 1.74. The number of aldehydes is 1. The molecule has 16 heavy (non-hydrogen) atoms. The number of nitrogens with zero attached hydrogens (tertiary/aromatic N) is 1. The predicted octanol–water partition coefficient (Wildman–Crippen LogP) is 3.08. The minimum Gasteiger partial charge on any atom is -0.303 e. The van der Waals surface area contributed by atoms with Crippen molar-refractivity contribution in [1.29, 1.82) is 5.26 Å². The third-order valence-corrected chi connectivity index (χ3v) is 3.55. The number of allylic oxidation sites excluding steroid dienone is 6. The van der Waals surface area contributed by atoms with Crippen LogP contribution in [0.25, 0.3) is 0 Å². The number of hydrogen-bond acceptors (Lipinski definition) is 2. The van der Waals surface area contributed by atoms with Crippen molar-refractivity contribution in [2.45, 2.75) is 32.6 Å². The molecule has 2 rings (SSSR count). The Morgan fingerprint density at radius 3 is 3.12 bits per heavy atom. The van der Waals surface area contributed by atoms with E-state index in [2.05, 4.69) is 19.1 Å². The number of carbonyl (C=O) groups is 1. The number of nitriles is 1. The Hall–Kier alpha value is -1.62. The minimum atomic E-state index is 0.483. The van der Waals surface area contributed by atoms with E-state index < -0.39 is 0 Å². The van der Waals surface area contributed by atoms with E-state index in [-0.39, 0.29) is 0 Å². The van der Waals surface area contributed by atoms with Gasteiger partial charge in [-0.1, -0.05) is 11.6 Å². The van der Waals surface area contributed by atoms with Crippen LogP contribution in [-0.4, -0.2) is 6.29 Å². The normalized spacial score (nSPS) is 26.4. The van der Waals surface area contributed by atoms with Gasteiger partial charge in [-0.25, -0.2) is 0 Å². The van der Waals surface area contributed by atoms with E-state index in [1.54, 1.807) is 6.08 Å². The first-order chi connectivity index (χ1) is 7.77. The van der Waals surface area contributed by atoms with Gasteiger partial charge in [-0.15, -0.1) is 0 Å². The fraction of sp³-hybridized carbons (Fsp3) is 0.429. The van der Waals surface area contributed by atoms with Gasteiger partial charge < -0.3 is 4.79 Å². The maximum atomic E-state index is 10.7. The molecule has 1 saturated carbocycles. The van der Waals surface area contributed by atoms with E-state index in [0.717, 1.165) is 36.7 Å². The van der Waals surface area contributed by atoms with E-state index in [1.165, 1.54) is 11.1 Å². The summed E-state index contributed by atoms with van der Waals surface area (Å²) < 4.78 is 0. The lowest BCUT2D eigenvalue weighted by molar-refractivity contribution is -0.107. The molecule has 0 spiro atoms. The SMILES string of the molecule is CC1=CCC2CC/C(=C\C#N)C2=C1CC=O. The van der Waals surface area contributed by atoms with Gasteiger partial charge in [0.05, 0.1) is 6.07 Å².